The number of imide groups is 1. The minimum atomic E-state index is -4.12. The molecule has 0 aliphatic carbocycles. The molecule has 9 nitrogen and oxygen atoms in total. The van der Waals surface area contributed by atoms with Crippen molar-refractivity contribution < 1.29 is 27.1 Å². The molecule has 12 heteroatoms. The first-order chi connectivity index (χ1) is 16.6. The third-order valence-electron chi connectivity index (χ3n) is 4.85. The van der Waals surface area contributed by atoms with Gasteiger partial charge in [-0.25, -0.2) is 0 Å². The highest BCUT2D eigenvalue weighted by Gasteiger charge is 2.36. The van der Waals surface area contributed by atoms with Gasteiger partial charge in [-0.15, -0.1) is 0 Å². The fraction of sp³-hybridized carbons (Fsp3) is 0.0435. The number of halogens is 1. The number of para-hydroxylation sites is 1. The number of amides is 2. The molecule has 4 rings (SSSR count). The van der Waals surface area contributed by atoms with Gasteiger partial charge < -0.3 is 4.18 Å². The number of rotatable bonds is 7. The molecule has 1 aliphatic rings. The topological polar surface area (TPSA) is 124 Å². The molecule has 3 aromatic carbocycles. The summed E-state index contributed by atoms with van der Waals surface area (Å²) in [6, 6.07) is 17.3. The van der Waals surface area contributed by atoms with E-state index in [0.717, 1.165) is 4.90 Å². The number of nitro benzene ring substituents is 1. The molecule has 1 aliphatic heterocycles. The van der Waals surface area contributed by atoms with E-state index >= 15 is 0 Å². The minimum absolute atomic E-state index is 0.00726. The summed E-state index contributed by atoms with van der Waals surface area (Å²) in [6.45, 7) is -0.248. The maximum atomic E-state index is 12.8. The van der Waals surface area contributed by atoms with Crippen LogP contribution < -0.4 is 4.18 Å². The Morgan fingerprint density at radius 3 is 2.46 bits per heavy atom. The van der Waals surface area contributed by atoms with E-state index in [1.165, 1.54) is 66.7 Å². The fourth-order valence-corrected chi connectivity index (χ4v) is 5.10. The van der Waals surface area contributed by atoms with Crippen molar-refractivity contribution in [1.82, 2.24) is 4.90 Å². The number of thioether (sulfide) groups is 1. The molecule has 1 fully saturated rings. The number of carbonyl (C=O) groups is 2. The molecule has 1 heterocycles. The SMILES string of the molecule is O=C1S/C(=C\c2cccc(OS(=O)(=O)c3ccc(Cl)cc3)c2)C(=O)N1Cc1ccccc1[N+](=O)[O-]. The van der Waals surface area contributed by atoms with Crippen molar-refractivity contribution in [2.75, 3.05) is 0 Å². The first-order valence-corrected chi connectivity index (χ1v) is 12.5. The molecule has 2 amide bonds. The summed E-state index contributed by atoms with van der Waals surface area (Å²) in [5.74, 6) is -0.605. The van der Waals surface area contributed by atoms with Crippen LogP contribution in [0.4, 0.5) is 10.5 Å². The molecule has 0 spiro atoms. The Hall–Kier alpha value is -3.67. The summed E-state index contributed by atoms with van der Waals surface area (Å²) >= 11 is 6.48. The predicted octanol–water partition coefficient (Wildman–Crippen LogP) is 5.25. The van der Waals surface area contributed by atoms with Crippen LogP contribution in [-0.4, -0.2) is 29.4 Å². The van der Waals surface area contributed by atoms with Crippen LogP contribution >= 0.6 is 23.4 Å². The molecule has 0 unspecified atom stereocenters. The van der Waals surface area contributed by atoms with E-state index in [0.29, 0.717) is 22.3 Å². The summed E-state index contributed by atoms with van der Waals surface area (Å²) in [4.78, 5) is 36.9. The van der Waals surface area contributed by atoms with Gasteiger partial charge in [0.1, 0.15) is 10.6 Å². The van der Waals surface area contributed by atoms with Gasteiger partial charge in [0.15, 0.2) is 0 Å². The lowest BCUT2D eigenvalue weighted by Gasteiger charge is -2.12. The quantitative estimate of drug-likeness (QED) is 0.175. The third-order valence-corrected chi connectivity index (χ3v) is 7.28. The molecule has 178 valence electrons. The van der Waals surface area contributed by atoms with Gasteiger partial charge in [-0.1, -0.05) is 41.9 Å². The normalized spacial score (nSPS) is 15.0. The van der Waals surface area contributed by atoms with E-state index in [1.54, 1.807) is 12.1 Å². The van der Waals surface area contributed by atoms with Crippen molar-refractivity contribution in [3.05, 3.63) is 104 Å². The predicted molar refractivity (Wildman–Crippen MR) is 130 cm³/mol. The third kappa shape index (κ3) is 5.53. The Morgan fingerprint density at radius 1 is 1.03 bits per heavy atom. The number of hydrogen-bond acceptors (Lipinski definition) is 8. The Balaban J connectivity index is 1.54. The largest absolute Gasteiger partial charge is 0.379 e. The van der Waals surface area contributed by atoms with Gasteiger partial charge in [0, 0.05) is 16.7 Å². The number of benzene rings is 3. The Labute approximate surface area is 209 Å². The van der Waals surface area contributed by atoms with Gasteiger partial charge in [-0.05, 0) is 59.8 Å². The van der Waals surface area contributed by atoms with Crippen LogP contribution in [-0.2, 0) is 21.5 Å². The summed E-state index contributed by atoms with van der Waals surface area (Å²) < 4.78 is 30.2. The molecule has 35 heavy (non-hydrogen) atoms. The standard InChI is InChI=1S/C23H15ClN2O7S2/c24-17-8-10-19(11-9-17)35(31,32)33-18-6-3-4-15(12-18)13-21-22(27)25(23(28)34-21)14-16-5-1-2-7-20(16)26(29)30/h1-13H,14H2/b21-13-. The Morgan fingerprint density at radius 2 is 1.74 bits per heavy atom. The molecule has 1 saturated heterocycles. The van der Waals surface area contributed by atoms with E-state index < -0.39 is 26.2 Å². The van der Waals surface area contributed by atoms with Gasteiger partial charge in [0.25, 0.3) is 16.8 Å². The van der Waals surface area contributed by atoms with Crippen LogP contribution in [0, 0.1) is 10.1 Å². The first kappa shape index (κ1) is 24.5. The summed E-state index contributed by atoms with van der Waals surface area (Å²) in [6.07, 6.45) is 1.42. The van der Waals surface area contributed by atoms with Crippen molar-refractivity contribution in [2.45, 2.75) is 11.4 Å². The number of nitrogens with zero attached hydrogens (tertiary/aromatic N) is 2. The second-order valence-electron chi connectivity index (χ2n) is 7.22. The molecule has 0 atom stereocenters. The van der Waals surface area contributed by atoms with E-state index in [1.807, 2.05) is 0 Å². The van der Waals surface area contributed by atoms with Crippen molar-refractivity contribution in [3.8, 4) is 5.75 Å². The highest BCUT2D eigenvalue weighted by Crippen LogP contribution is 2.35. The second kappa shape index (κ2) is 9.90. The number of nitro groups is 1. The zero-order chi connectivity index (χ0) is 25.2. The Bertz CT molecular complexity index is 1470. The molecule has 0 bridgehead atoms. The summed E-state index contributed by atoms with van der Waals surface area (Å²) in [5, 5.41) is 11.0. The maximum Gasteiger partial charge on any atom is 0.339 e. The van der Waals surface area contributed by atoms with Crippen molar-refractivity contribution in [3.63, 3.8) is 0 Å². The minimum Gasteiger partial charge on any atom is -0.379 e. The lowest BCUT2D eigenvalue weighted by Crippen LogP contribution is -2.27. The van der Waals surface area contributed by atoms with Crippen molar-refractivity contribution in [1.29, 1.82) is 0 Å². The van der Waals surface area contributed by atoms with E-state index in [2.05, 4.69) is 0 Å². The first-order valence-electron chi connectivity index (χ1n) is 9.92. The van der Waals surface area contributed by atoms with Crippen molar-refractivity contribution in [2.24, 2.45) is 0 Å². The van der Waals surface area contributed by atoms with Crippen molar-refractivity contribution >= 4 is 56.4 Å². The van der Waals surface area contributed by atoms with Crippen LogP contribution in [0.2, 0.25) is 5.02 Å². The van der Waals surface area contributed by atoms with Gasteiger partial charge >= 0.3 is 10.1 Å². The van der Waals surface area contributed by atoms with Crippen LogP contribution in [0.25, 0.3) is 6.08 Å². The number of carbonyl (C=O) groups excluding carboxylic acids is 2. The molecular weight excluding hydrogens is 516 g/mol. The van der Waals surface area contributed by atoms with Crippen LogP contribution in [0.3, 0.4) is 0 Å². The average Bonchev–Trinajstić information content (AvgIpc) is 3.07. The molecule has 0 N–H and O–H groups in total. The fourth-order valence-electron chi connectivity index (χ4n) is 3.21. The molecule has 0 aromatic heterocycles. The highest BCUT2D eigenvalue weighted by atomic mass is 35.5. The van der Waals surface area contributed by atoms with Gasteiger partial charge in [0.05, 0.1) is 16.4 Å². The lowest BCUT2D eigenvalue weighted by atomic mass is 10.1. The van der Waals surface area contributed by atoms with E-state index in [-0.39, 0.29) is 33.3 Å². The van der Waals surface area contributed by atoms with Gasteiger partial charge in [0.2, 0.25) is 0 Å². The molecule has 0 saturated carbocycles. The lowest BCUT2D eigenvalue weighted by molar-refractivity contribution is -0.385. The van der Waals surface area contributed by atoms with E-state index in [4.69, 9.17) is 15.8 Å². The highest BCUT2D eigenvalue weighted by molar-refractivity contribution is 8.18. The zero-order valence-electron chi connectivity index (χ0n) is 17.7. The molecular formula is C23H15ClN2O7S2. The summed E-state index contributed by atoms with van der Waals surface area (Å²) in [5.41, 5.74) is 0.455. The van der Waals surface area contributed by atoms with Gasteiger partial charge in [-0.2, -0.15) is 8.42 Å². The number of hydrogen-bond donors (Lipinski definition) is 0. The average molecular weight is 531 g/mol. The summed E-state index contributed by atoms with van der Waals surface area (Å²) in [7, 11) is -4.12. The smallest absolute Gasteiger partial charge is 0.339 e. The van der Waals surface area contributed by atoms with Crippen LogP contribution in [0.5, 0.6) is 5.75 Å². The maximum absolute atomic E-state index is 12.8. The monoisotopic (exact) mass is 530 g/mol. The Kier molecular flexibility index (Phi) is 6.92. The zero-order valence-corrected chi connectivity index (χ0v) is 20.0. The molecule has 0 radical (unpaired) electrons. The van der Waals surface area contributed by atoms with Crippen LogP contribution in [0.1, 0.15) is 11.1 Å². The molecule has 3 aromatic rings. The van der Waals surface area contributed by atoms with E-state index in [9.17, 15) is 28.1 Å². The van der Waals surface area contributed by atoms with Crippen LogP contribution in [0.15, 0.2) is 82.6 Å². The van der Waals surface area contributed by atoms with Gasteiger partial charge in [-0.3, -0.25) is 24.6 Å². The second-order valence-corrected chi connectivity index (χ2v) is 10.2.